The standard InChI is InChI=1S/C16H15NO2S/c18-17-11-10-15(8-9-16-7-4-12-20-16)19-13-14-5-2-1-3-6-14/h1-12,18H,13H2/b9-8+,15-10+,17-11+. The van der Waals surface area contributed by atoms with E-state index in [4.69, 9.17) is 9.94 Å². The molecule has 1 N–H and O–H groups in total. The van der Waals surface area contributed by atoms with Gasteiger partial charge in [-0.15, -0.1) is 11.3 Å². The third-order valence-electron chi connectivity index (χ3n) is 2.51. The van der Waals surface area contributed by atoms with E-state index in [1.165, 1.54) is 6.21 Å². The summed E-state index contributed by atoms with van der Waals surface area (Å²) in [6, 6.07) is 13.9. The summed E-state index contributed by atoms with van der Waals surface area (Å²) >= 11 is 1.65. The molecule has 0 fully saturated rings. The Bertz CT molecular complexity index is 586. The van der Waals surface area contributed by atoms with Gasteiger partial charge >= 0.3 is 0 Å². The van der Waals surface area contributed by atoms with Gasteiger partial charge in [-0.25, -0.2) is 0 Å². The first-order valence-electron chi connectivity index (χ1n) is 6.14. The third-order valence-corrected chi connectivity index (χ3v) is 3.35. The topological polar surface area (TPSA) is 41.8 Å². The fourth-order valence-electron chi connectivity index (χ4n) is 1.55. The summed E-state index contributed by atoms with van der Waals surface area (Å²) in [6.45, 7) is 0.473. The van der Waals surface area contributed by atoms with Crippen molar-refractivity contribution in [3.63, 3.8) is 0 Å². The fourth-order valence-corrected chi connectivity index (χ4v) is 2.17. The number of hydrogen-bond acceptors (Lipinski definition) is 4. The lowest BCUT2D eigenvalue weighted by molar-refractivity contribution is 0.212. The van der Waals surface area contributed by atoms with E-state index in [-0.39, 0.29) is 0 Å². The third kappa shape index (κ3) is 4.74. The highest BCUT2D eigenvalue weighted by Gasteiger charge is 1.96. The minimum Gasteiger partial charge on any atom is -0.489 e. The molecule has 0 radical (unpaired) electrons. The summed E-state index contributed by atoms with van der Waals surface area (Å²) < 4.78 is 5.71. The summed E-state index contributed by atoms with van der Waals surface area (Å²) in [5.41, 5.74) is 1.09. The predicted octanol–water partition coefficient (Wildman–Crippen LogP) is 4.32. The SMILES string of the molecule is O/N=C/C=C(\C=C\c1cccs1)OCc1ccccc1. The molecule has 0 spiro atoms. The quantitative estimate of drug-likeness (QED) is 0.282. The van der Waals surface area contributed by atoms with Crippen molar-refractivity contribution in [3.8, 4) is 0 Å². The van der Waals surface area contributed by atoms with E-state index in [0.29, 0.717) is 12.4 Å². The number of benzene rings is 1. The van der Waals surface area contributed by atoms with Gasteiger partial charge in [0.1, 0.15) is 12.4 Å². The summed E-state index contributed by atoms with van der Waals surface area (Å²) in [5.74, 6) is 0.639. The van der Waals surface area contributed by atoms with E-state index >= 15 is 0 Å². The number of thiophene rings is 1. The first kappa shape index (κ1) is 14.1. The highest BCUT2D eigenvalue weighted by molar-refractivity contribution is 7.10. The minimum atomic E-state index is 0.473. The number of nitrogens with zero attached hydrogens (tertiary/aromatic N) is 1. The molecule has 1 heterocycles. The van der Waals surface area contributed by atoms with Gasteiger partial charge in [0.05, 0.1) is 6.21 Å². The van der Waals surface area contributed by atoms with E-state index < -0.39 is 0 Å². The summed E-state index contributed by atoms with van der Waals surface area (Å²) in [7, 11) is 0. The monoisotopic (exact) mass is 285 g/mol. The maximum atomic E-state index is 8.50. The van der Waals surface area contributed by atoms with Crippen LogP contribution in [0.4, 0.5) is 0 Å². The van der Waals surface area contributed by atoms with Gasteiger partial charge in [-0.3, -0.25) is 0 Å². The largest absolute Gasteiger partial charge is 0.489 e. The number of hydrogen-bond donors (Lipinski definition) is 1. The molecule has 0 atom stereocenters. The molecular weight excluding hydrogens is 270 g/mol. The van der Waals surface area contributed by atoms with Crippen LogP contribution >= 0.6 is 11.3 Å². The Morgan fingerprint density at radius 3 is 2.75 bits per heavy atom. The Kier molecular flexibility index (Phi) is 5.61. The Hall–Kier alpha value is -2.33. The summed E-state index contributed by atoms with van der Waals surface area (Å²) in [4.78, 5) is 1.14. The van der Waals surface area contributed by atoms with E-state index in [1.54, 1.807) is 17.4 Å². The molecule has 0 amide bonds. The smallest absolute Gasteiger partial charge is 0.121 e. The highest BCUT2D eigenvalue weighted by atomic mass is 32.1. The normalized spacial score (nSPS) is 12.3. The van der Waals surface area contributed by atoms with Gasteiger partial charge in [0, 0.05) is 11.0 Å². The van der Waals surface area contributed by atoms with Gasteiger partial charge in [0.15, 0.2) is 0 Å². The molecule has 0 aliphatic carbocycles. The Morgan fingerprint density at radius 1 is 1.20 bits per heavy atom. The minimum absolute atomic E-state index is 0.473. The van der Waals surface area contributed by atoms with Crippen LogP contribution in [0.2, 0.25) is 0 Å². The Morgan fingerprint density at radius 2 is 2.05 bits per heavy atom. The van der Waals surface area contributed by atoms with Gasteiger partial charge in [-0.05, 0) is 29.2 Å². The molecule has 0 aliphatic heterocycles. The van der Waals surface area contributed by atoms with Gasteiger partial charge in [-0.1, -0.05) is 41.6 Å². The lowest BCUT2D eigenvalue weighted by Crippen LogP contribution is -1.92. The van der Waals surface area contributed by atoms with Gasteiger partial charge in [-0.2, -0.15) is 0 Å². The van der Waals surface area contributed by atoms with Crippen molar-refractivity contribution in [2.45, 2.75) is 6.61 Å². The lowest BCUT2D eigenvalue weighted by atomic mass is 10.2. The Balaban J connectivity index is 2.01. The second-order valence-corrected chi connectivity index (χ2v) is 4.94. The molecule has 2 aromatic rings. The van der Waals surface area contributed by atoms with Crippen molar-refractivity contribution in [2.75, 3.05) is 0 Å². The van der Waals surface area contributed by atoms with Crippen molar-refractivity contribution in [3.05, 3.63) is 76.2 Å². The molecule has 102 valence electrons. The first-order chi connectivity index (χ1) is 9.88. The van der Waals surface area contributed by atoms with Crippen LogP contribution < -0.4 is 0 Å². The molecule has 2 rings (SSSR count). The molecule has 20 heavy (non-hydrogen) atoms. The second kappa shape index (κ2) is 7.96. The van der Waals surface area contributed by atoms with Gasteiger partial charge < -0.3 is 9.94 Å². The zero-order chi connectivity index (χ0) is 14.0. The van der Waals surface area contributed by atoms with E-state index in [1.807, 2.05) is 60.0 Å². The second-order valence-electron chi connectivity index (χ2n) is 3.96. The number of ether oxygens (including phenoxy) is 1. The average Bonchev–Trinajstić information content (AvgIpc) is 3.01. The molecule has 0 unspecified atom stereocenters. The highest BCUT2D eigenvalue weighted by Crippen LogP contribution is 2.13. The predicted molar refractivity (Wildman–Crippen MR) is 82.9 cm³/mol. The van der Waals surface area contributed by atoms with Crippen molar-refractivity contribution in [2.24, 2.45) is 5.16 Å². The van der Waals surface area contributed by atoms with Gasteiger partial charge in [0.25, 0.3) is 0 Å². The van der Waals surface area contributed by atoms with Crippen LogP contribution in [0.5, 0.6) is 0 Å². The zero-order valence-corrected chi connectivity index (χ0v) is 11.7. The molecule has 0 saturated carbocycles. The Labute approximate surface area is 122 Å². The van der Waals surface area contributed by atoms with Gasteiger partial charge in [0.2, 0.25) is 0 Å². The lowest BCUT2D eigenvalue weighted by Gasteiger charge is -2.06. The average molecular weight is 285 g/mol. The van der Waals surface area contributed by atoms with Crippen LogP contribution in [0.3, 0.4) is 0 Å². The molecule has 1 aromatic heterocycles. The summed E-state index contributed by atoms with van der Waals surface area (Å²) in [5, 5.41) is 13.5. The maximum absolute atomic E-state index is 8.50. The van der Waals surface area contributed by atoms with E-state index in [9.17, 15) is 0 Å². The number of oxime groups is 1. The molecule has 0 aliphatic rings. The molecule has 3 nitrogen and oxygen atoms in total. The fraction of sp³-hybridized carbons (Fsp3) is 0.0625. The van der Waals surface area contributed by atoms with Crippen molar-refractivity contribution in [1.82, 2.24) is 0 Å². The number of rotatable bonds is 6. The van der Waals surface area contributed by atoms with Crippen LogP contribution in [0.15, 0.2) is 70.9 Å². The van der Waals surface area contributed by atoms with E-state index in [2.05, 4.69) is 5.16 Å². The summed E-state index contributed by atoms with van der Waals surface area (Å²) in [6.07, 6.45) is 6.73. The van der Waals surface area contributed by atoms with E-state index in [0.717, 1.165) is 10.4 Å². The zero-order valence-electron chi connectivity index (χ0n) is 10.8. The van der Waals surface area contributed by atoms with Crippen molar-refractivity contribution in [1.29, 1.82) is 0 Å². The molecule has 1 aromatic carbocycles. The van der Waals surface area contributed by atoms with Crippen molar-refractivity contribution >= 4 is 23.6 Å². The van der Waals surface area contributed by atoms with Crippen LogP contribution in [-0.2, 0) is 11.3 Å². The molecule has 4 heteroatoms. The van der Waals surface area contributed by atoms with Crippen LogP contribution in [0.25, 0.3) is 6.08 Å². The molecular formula is C16H15NO2S. The maximum Gasteiger partial charge on any atom is 0.121 e. The molecule has 0 saturated heterocycles. The number of allylic oxidation sites excluding steroid dienone is 2. The first-order valence-corrected chi connectivity index (χ1v) is 7.02. The van der Waals surface area contributed by atoms with Crippen molar-refractivity contribution < 1.29 is 9.94 Å². The van der Waals surface area contributed by atoms with Crippen LogP contribution in [-0.4, -0.2) is 11.4 Å². The van der Waals surface area contributed by atoms with Crippen LogP contribution in [0, 0.1) is 0 Å². The van der Waals surface area contributed by atoms with Crippen LogP contribution in [0.1, 0.15) is 10.4 Å². The molecule has 0 bridgehead atoms.